The molecule has 2 aliphatic rings. The summed E-state index contributed by atoms with van der Waals surface area (Å²) >= 11 is 3.59. The molecule has 8 nitrogen and oxygen atoms in total. The summed E-state index contributed by atoms with van der Waals surface area (Å²) in [4.78, 5) is 23.6. The molecule has 3 aromatic rings. The molecule has 198 valence electrons. The van der Waals surface area contributed by atoms with Crippen molar-refractivity contribution in [3.8, 4) is 5.75 Å². The van der Waals surface area contributed by atoms with E-state index in [0.29, 0.717) is 6.04 Å². The van der Waals surface area contributed by atoms with Gasteiger partial charge < -0.3 is 20.1 Å². The molecule has 1 aromatic heterocycles. The van der Waals surface area contributed by atoms with E-state index in [1.165, 1.54) is 18.4 Å². The van der Waals surface area contributed by atoms with Crippen LogP contribution in [0.3, 0.4) is 0 Å². The van der Waals surface area contributed by atoms with Crippen LogP contribution >= 0.6 is 15.9 Å². The number of nitrogens with zero attached hydrogens (tertiary/aromatic N) is 4. The van der Waals surface area contributed by atoms with Gasteiger partial charge in [0.25, 0.3) is 0 Å². The highest BCUT2D eigenvalue weighted by Crippen LogP contribution is 2.31. The normalized spacial score (nSPS) is 16.2. The van der Waals surface area contributed by atoms with E-state index in [1.807, 2.05) is 30.3 Å². The zero-order chi connectivity index (χ0) is 26.6. The summed E-state index contributed by atoms with van der Waals surface area (Å²) in [5.41, 5.74) is 3.20. The lowest BCUT2D eigenvalue weighted by atomic mass is 10.2. The van der Waals surface area contributed by atoms with Gasteiger partial charge in [-0.05, 0) is 58.6 Å². The lowest BCUT2D eigenvalue weighted by molar-refractivity contribution is -0.192. The van der Waals surface area contributed by atoms with E-state index in [2.05, 4.69) is 43.2 Å². The smallest absolute Gasteiger partial charge is 0.490 e. The number of carboxylic acid groups (broad SMARTS) is 1. The quantitative estimate of drug-likeness (QED) is 0.423. The van der Waals surface area contributed by atoms with Crippen LogP contribution in [0.15, 0.2) is 46.9 Å². The number of aromatic nitrogens is 2. The Morgan fingerprint density at radius 3 is 2.27 bits per heavy atom. The number of aliphatic carboxylic acids is 1. The molecule has 0 radical (unpaired) electrons. The zero-order valence-electron chi connectivity index (χ0n) is 20.1. The van der Waals surface area contributed by atoms with Crippen molar-refractivity contribution >= 4 is 44.6 Å². The molecule has 1 saturated heterocycles. The van der Waals surface area contributed by atoms with Gasteiger partial charge in [-0.15, -0.1) is 0 Å². The number of carbonyl (C=O) groups is 1. The molecular formula is C25H27BrF3N5O3. The first-order chi connectivity index (χ1) is 17.6. The monoisotopic (exact) mass is 581 g/mol. The summed E-state index contributed by atoms with van der Waals surface area (Å²) < 4.78 is 38.1. The fourth-order valence-corrected chi connectivity index (χ4v) is 4.50. The van der Waals surface area contributed by atoms with Crippen molar-refractivity contribution in [1.29, 1.82) is 0 Å². The van der Waals surface area contributed by atoms with Gasteiger partial charge in [-0.1, -0.05) is 18.2 Å². The molecule has 2 aromatic carbocycles. The average Bonchev–Trinajstić information content (AvgIpc) is 3.68. The van der Waals surface area contributed by atoms with Gasteiger partial charge in [0.1, 0.15) is 5.75 Å². The molecule has 2 fully saturated rings. The van der Waals surface area contributed by atoms with Crippen LogP contribution in [0.1, 0.15) is 18.4 Å². The van der Waals surface area contributed by atoms with Gasteiger partial charge >= 0.3 is 12.1 Å². The van der Waals surface area contributed by atoms with Crippen LogP contribution in [0.25, 0.3) is 11.0 Å². The zero-order valence-corrected chi connectivity index (χ0v) is 21.7. The topological polar surface area (TPSA) is 90.8 Å². The Morgan fingerprint density at radius 2 is 1.73 bits per heavy atom. The molecule has 5 rings (SSSR count). The van der Waals surface area contributed by atoms with Gasteiger partial charge in [0.2, 0.25) is 0 Å². The summed E-state index contributed by atoms with van der Waals surface area (Å²) in [6.45, 7) is 4.84. The van der Waals surface area contributed by atoms with E-state index in [4.69, 9.17) is 24.6 Å². The Hall–Kier alpha value is -3.12. The van der Waals surface area contributed by atoms with Crippen LogP contribution in [-0.4, -0.2) is 71.5 Å². The number of halogens is 4. The van der Waals surface area contributed by atoms with Crippen LogP contribution in [0.5, 0.6) is 5.75 Å². The maximum Gasteiger partial charge on any atom is 0.490 e. The molecule has 1 aliphatic heterocycles. The number of hydrogen-bond acceptors (Lipinski definition) is 7. The molecule has 0 atom stereocenters. The fraction of sp³-hybridized carbons (Fsp3) is 0.400. The van der Waals surface area contributed by atoms with Crippen LogP contribution in [0.2, 0.25) is 0 Å². The van der Waals surface area contributed by atoms with E-state index < -0.39 is 12.1 Å². The molecule has 12 heteroatoms. The Labute approximate surface area is 220 Å². The second-order valence-electron chi connectivity index (χ2n) is 8.84. The van der Waals surface area contributed by atoms with Crippen LogP contribution < -0.4 is 15.0 Å². The van der Waals surface area contributed by atoms with E-state index in [0.717, 1.165) is 65.6 Å². The van der Waals surface area contributed by atoms with Gasteiger partial charge in [0.15, 0.2) is 11.6 Å². The van der Waals surface area contributed by atoms with Crippen molar-refractivity contribution in [3.63, 3.8) is 0 Å². The van der Waals surface area contributed by atoms with E-state index >= 15 is 0 Å². The van der Waals surface area contributed by atoms with Crippen LogP contribution in [0, 0.1) is 0 Å². The van der Waals surface area contributed by atoms with Gasteiger partial charge in [0, 0.05) is 38.8 Å². The minimum atomic E-state index is -5.08. The first kappa shape index (κ1) is 26.9. The predicted octanol–water partition coefficient (Wildman–Crippen LogP) is 4.93. The number of ether oxygens (including phenoxy) is 1. The average molecular weight is 582 g/mol. The van der Waals surface area contributed by atoms with E-state index in [9.17, 15) is 13.2 Å². The SMILES string of the molecule is COc1ccc(CN2CCN(c3nc4ccccc4nc3NC3CC3)CC2)cc1Br.O=C(O)C(F)(F)F. The number of carboxylic acids is 1. The second kappa shape index (κ2) is 11.5. The molecule has 2 heterocycles. The van der Waals surface area contributed by atoms with E-state index in [1.54, 1.807) is 7.11 Å². The molecule has 0 bridgehead atoms. The molecular weight excluding hydrogens is 555 g/mol. The van der Waals surface area contributed by atoms with Crippen molar-refractivity contribution in [2.45, 2.75) is 31.6 Å². The van der Waals surface area contributed by atoms with Gasteiger partial charge in [-0.2, -0.15) is 13.2 Å². The number of benzene rings is 2. The lowest BCUT2D eigenvalue weighted by Gasteiger charge is -2.36. The van der Waals surface area contributed by atoms with Crippen LogP contribution in [-0.2, 0) is 11.3 Å². The minimum Gasteiger partial charge on any atom is -0.496 e. The number of piperazine rings is 1. The van der Waals surface area contributed by atoms with Crippen molar-refractivity contribution in [2.75, 3.05) is 43.5 Å². The third kappa shape index (κ3) is 7.22. The first-order valence-corrected chi connectivity index (χ1v) is 12.6. The van der Waals surface area contributed by atoms with Crippen molar-refractivity contribution in [2.24, 2.45) is 0 Å². The summed E-state index contributed by atoms with van der Waals surface area (Å²) in [6, 6.07) is 15.0. The highest BCUT2D eigenvalue weighted by Gasteiger charge is 2.38. The number of rotatable bonds is 6. The van der Waals surface area contributed by atoms with Crippen molar-refractivity contribution < 1.29 is 27.8 Å². The number of methoxy groups -OCH3 is 1. The standard InChI is InChI=1S/C23H26BrN5O.C2HF3O2/c1-30-21-9-6-16(14-18(21)24)15-28-10-12-29(13-11-28)23-22(25-17-7-8-17)26-19-4-2-3-5-20(19)27-23;3-2(4,5)1(6)7/h2-6,9,14,17H,7-8,10-13,15H2,1H3,(H,25,26);(H,6,7). The largest absolute Gasteiger partial charge is 0.496 e. The van der Waals surface area contributed by atoms with Gasteiger partial charge in [-0.25, -0.2) is 14.8 Å². The Balaban J connectivity index is 0.000000405. The summed E-state index contributed by atoms with van der Waals surface area (Å²) in [6.07, 6.45) is -2.64. The number of anilines is 2. The Kier molecular flexibility index (Phi) is 8.38. The number of alkyl halides is 3. The summed E-state index contributed by atoms with van der Waals surface area (Å²) in [5, 5.41) is 10.7. The second-order valence-corrected chi connectivity index (χ2v) is 9.69. The maximum atomic E-state index is 10.6. The molecule has 37 heavy (non-hydrogen) atoms. The van der Waals surface area contributed by atoms with Gasteiger partial charge in [0.05, 0.1) is 22.6 Å². The first-order valence-electron chi connectivity index (χ1n) is 11.8. The highest BCUT2D eigenvalue weighted by atomic mass is 79.9. The predicted molar refractivity (Wildman–Crippen MR) is 138 cm³/mol. The van der Waals surface area contributed by atoms with Crippen LogP contribution in [0.4, 0.5) is 24.8 Å². The van der Waals surface area contributed by atoms with E-state index in [-0.39, 0.29) is 0 Å². The molecule has 0 amide bonds. The minimum absolute atomic E-state index is 0.550. The lowest BCUT2D eigenvalue weighted by Crippen LogP contribution is -2.46. The number of hydrogen-bond donors (Lipinski definition) is 2. The van der Waals surface area contributed by atoms with Gasteiger partial charge in [-0.3, -0.25) is 4.90 Å². The Morgan fingerprint density at radius 1 is 1.11 bits per heavy atom. The third-order valence-electron chi connectivity index (χ3n) is 6.01. The molecule has 0 spiro atoms. The number of para-hydroxylation sites is 2. The summed E-state index contributed by atoms with van der Waals surface area (Å²) in [7, 11) is 1.70. The molecule has 2 N–H and O–H groups in total. The number of nitrogens with one attached hydrogen (secondary N) is 1. The summed E-state index contributed by atoms with van der Waals surface area (Å²) in [5.74, 6) is 0.0396. The van der Waals surface area contributed by atoms with Crippen molar-refractivity contribution in [3.05, 3.63) is 52.5 Å². The highest BCUT2D eigenvalue weighted by molar-refractivity contribution is 9.10. The third-order valence-corrected chi connectivity index (χ3v) is 6.63. The molecule has 1 saturated carbocycles. The fourth-order valence-electron chi connectivity index (χ4n) is 3.91. The number of fused-ring (bicyclic) bond motifs is 1. The van der Waals surface area contributed by atoms with Crippen molar-refractivity contribution in [1.82, 2.24) is 14.9 Å². The molecule has 1 aliphatic carbocycles. The maximum absolute atomic E-state index is 10.6. The molecule has 0 unspecified atom stereocenters. The Bertz CT molecular complexity index is 1250.